The van der Waals surface area contributed by atoms with E-state index in [4.69, 9.17) is 4.74 Å². The van der Waals surface area contributed by atoms with E-state index in [1.54, 1.807) is 0 Å². The monoisotopic (exact) mass is 535 g/mol. The lowest BCUT2D eigenvalue weighted by molar-refractivity contribution is -0.130. The van der Waals surface area contributed by atoms with Crippen LogP contribution in [0.25, 0.3) is 0 Å². The summed E-state index contributed by atoms with van der Waals surface area (Å²) in [6, 6.07) is 9.06. The van der Waals surface area contributed by atoms with Crippen molar-refractivity contribution < 1.29 is 19.1 Å². The molecule has 7 nitrogen and oxygen atoms in total. The SMILES string of the molecule is CC(C)CC(NC(=O)C1OC1c1ccccc1)C(=O)NCCCCNC(=O)CCCCC1CCSS1. The van der Waals surface area contributed by atoms with Crippen molar-refractivity contribution in [2.24, 2.45) is 5.92 Å². The lowest BCUT2D eigenvalue weighted by Crippen LogP contribution is -2.49. The highest BCUT2D eigenvalue weighted by Gasteiger charge is 2.46. The first-order chi connectivity index (χ1) is 17.4. The lowest BCUT2D eigenvalue weighted by Gasteiger charge is -2.20. The molecule has 1 aromatic carbocycles. The molecule has 2 aliphatic rings. The van der Waals surface area contributed by atoms with Gasteiger partial charge >= 0.3 is 0 Å². The molecule has 2 saturated heterocycles. The van der Waals surface area contributed by atoms with E-state index in [1.807, 2.05) is 65.8 Å². The summed E-state index contributed by atoms with van der Waals surface area (Å²) < 4.78 is 5.57. The van der Waals surface area contributed by atoms with Crippen LogP contribution in [0.15, 0.2) is 30.3 Å². The maximum atomic E-state index is 12.8. The predicted octanol–water partition coefficient (Wildman–Crippen LogP) is 4.38. The topological polar surface area (TPSA) is 99.8 Å². The first-order valence-corrected chi connectivity index (χ1v) is 15.7. The smallest absolute Gasteiger partial charge is 0.252 e. The normalized spacial score (nSPS) is 21.7. The Morgan fingerprint density at radius 2 is 1.78 bits per heavy atom. The van der Waals surface area contributed by atoms with Gasteiger partial charge in [-0.3, -0.25) is 14.4 Å². The fraction of sp³-hybridized carbons (Fsp3) is 0.667. The van der Waals surface area contributed by atoms with E-state index in [2.05, 4.69) is 16.0 Å². The summed E-state index contributed by atoms with van der Waals surface area (Å²) in [4.78, 5) is 37.4. The van der Waals surface area contributed by atoms with Crippen LogP contribution in [0.1, 0.15) is 76.9 Å². The minimum atomic E-state index is -0.584. The van der Waals surface area contributed by atoms with Gasteiger partial charge in [0.05, 0.1) is 0 Å². The number of hydrogen-bond acceptors (Lipinski definition) is 6. The zero-order valence-electron chi connectivity index (χ0n) is 21.5. The van der Waals surface area contributed by atoms with Gasteiger partial charge in [0, 0.05) is 30.5 Å². The molecule has 3 N–H and O–H groups in total. The van der Waals surface area contributed by atoms with Crippen molar-refractivity contribution >= 4 is 39.3 Å². The van der Waals surface area contributed by atoms with Crippen molar-refractivity contribution in [1.82, 2.24) is 16.0 Å². The third kappa shape index (κ3) is 10.3. The number of carbonyl (C=O) groups is 3. The molecule has 2 fully saturated rings. The Labute approximate surface area is 223 Å². The van der Waals surface area contributed by atoms with Gasteiger partial charge in [0.15, 0.2) is 6.10 Å². The molecule has 36 heavy (non-hydrogen) atoms. The van der Waals surface area contributed by atoms with Crippen LogP contribution in [0.3, 0.4) is 0 Å². The zero-order valence-corrected chi connectivity index (χ0v) is 23.1. The van der Waals surface area contributed by atoms with Crippen LogP contribution in [0.4, 0.5) is 0 Å². The van der Waals surface area contributed by atoms with E-state index in [0.717, 1.165) is 36.5 Å². The molecular formula is C27H41N3O4S2. The van der Waals surface area contributed by atoms with Gasteiger partial charge in [0.25, 0.3) is 5.91 Å². The van der Waals surface area contributed by atoms with Gasteiger partial charge in [0.2, 0.25) is 11.8 Å². The van der Waals surface area contributed by atoms with Crippen LogP contribution in [-0.4, -0.2) is 54.0 Å². The Hall–Kier alpha value is -1.71. The van der Waals surface area contributed by atoms with Crippen molar-refractivity contribution in [3.8, 4) is 0 Å². The highest BCUT2D eigenvalue weighted by atomic mass is 33.1. The summed E-state index contributed by atoms with van der Waals surface area (Å²) in [5, 5.41) is 9.58. The summed E-state index contributed by atoms with van der Waals surface area (Å²) in [5.41, 5.74) is 0.969. The molecule has 0 radical (unpaired) electrons. The standard InChI is InChI=1S/C27H41N3O4S2/c1-19(2)18-22(30-27(33)25-24(34-25)20-10-4-3-5-11-20)26(32)29-16-9-8-15-28-23(31)13-7-6-12-21-14-17-35-36-21/h3-5,10-11,19,21-22,24-25H,6-9,12-18H2,1-2H3,(H,28,31)(H,29,32)(H,30,33). The second-order valence-electron chi connectivity index (χ2n) is 10.0. The Kier molecular flexibility index (Phi) is 12.4. The summed E-state index contributed by atoms with van der Waals surface area (Å²) in [5.74, 6) is 1.22. The molecular weight excluding hydrogens is 494 g/mol. The molecule has 3 rings (SSSR count). The molecule has 1 aromatic rings. The molecule has 0 aliphatic carbocycles. The van der Waals surface area contributed by atoms with E-state index in [9.17, 15) is 14.4 Å². The second kappa shape index (κ2) is 15.5. The highest BCUT2D eigenvalue weighted by Crippen LogP contribution is 2.40. The van der Waals surface area contributed by atoms with Gasteiger partial charge in [-0.05, 0) is 50.0 Å². The molecule has 3 amide bonds. The number of rotatable bonds is 16. The van der Waals surface area contributed by atoms with Crippen molar-refractivity contribution in [2.45, 2.75) is 88.7 Å². The first kappa shape index (κ1) is 28.9. The largest absolute Gasteiger partial charge is 0.356 e. The van der Waals surface area contributed by atoms with Gasteiger partial charge in [0.1, 0.15) is 12.1 Å². The molecule has 0 spiro atoms. The number of nitrogens with one attached hydrogen (secondary N) is 3. The zero-order chi connectivity index (χ0) is 25.8. The summed E-state index contributed by atoms with van der Waals surface area (Å²) >= 11 is 0. The molecule has 0 saturated carbocycles. The van der Waals surface area contributed by atoms with E-state index in [1.165, 1.54) is 18.6 Å². The molecule has 4 atom stereocenters. The predicted molar refractivity (Wildman–Crippen MR) is 148 cm³/mol. The van der Waals surface area contributed by atoms with Crippen LogP contribution in [0.5, 0.6) is 0 Å². The summed E-state index contributed by atoms with van der Waals surface area (Å²) in [6.07, 6.45) is 6.52. The Bertz CT molecular complexity index is 834. The van der Waals surface area contributed by atoms with Gasteiger partial charge in [-0.15, -0.1) is 0 Å². The quantitative estimate of drug-likeness (QED) is 0.165. The van der Waals surface area contributed by atoms with Crippen LogP contribution < -0.4 is 16.0 Å². The number of unbranched alkanes of at least 4 members (excludes halogenated alkanes) is 2. The Morgan fingerprint density at radius 1 is 1.03 bits per heavy atom. The van der Waals surface area contributed by atoms with Crippen molar-refractivity contribution in [1.29, 1.82) is 0 Å². The third-order valence-corrected chi connectivity index (χ3v) is 9.36. The van der Waals surface area contributed by atoms with Crippen LogP contribution >= 0.6 is 21.6 Å². The summed E-state index contributed by atoms with van der Waals surface area (Å²) in [7, 11) is 3.96. The molecule has 4 unspecified atom stereocenters. The fourth-order valence-corrected chi connectivity index (χ4v) is 7.32. The van der Waals surface area contributed by atoms with Crippen molar-refractivity contribution in [3.05, 3.63) is 35.9 Å². The minimum Gasteiger partial charge on any atom is -0.356 e. The Balaban J connectivity index is 1.26. The molecule has 200 valence electrons. The van der Waals surface area contributed by atoms with E-state index < -0.39 is 12.1 Å². The Morgan fingerprint density at radius 3 is 2.47 bits per heavy atom. The van der Waals surface area contributed by atoms with Gasteiger partial charge < -0.3 is 20.7 Å². The first-order valence-electron chi connectivity index (χ1n) is 13.3. The van der Waals surface area contributed by atoms with E-state index in [0.29, 0.717) is 25.9 Å². The molecule has 2 aliphatic heterocycles. The number of hydrogen-bond donors (Lipinski definition) is 3. The molecule has 0 aromatic heterocycles. The van der Waals surface area contributed by atoms with Gasteiger partial charge in [-0.25, -0.2) is 0 Å². The molecule has 0 bridgehead atoms. The van der Waals surface area contributed by atoms with Crippen LogP contribution in [0.2, 0.25) is 0 Å². The molecule has 9 heteroatoms. The average molecular weight is 536 g/mol. The van der Waals surface area contributed by atoms with Crippen LogP contribution in [0, 0.1) is 5.92 Å². The number of carbonyl (C=O) groups excluding carboxylic acids is 3. The van der Waals surface area contributed by atoms with Gasteiger partial charge in [-0.1, -0.05) is 72.2 Å². The third-order valence-electron chi connectivity index (χ3n) is 6.35. The van der Waals surface area contributed by atoms with E-state index >= 15 is 0 Å². The van der Waals surface area contributed by atoms with Crippen molar-refractivity contribution in [2.75, 3.05) is 18.8 Å². The minimum absolute atomic E-state index is 0.114. The average Bonchev–Trinajstić information content (AvgIpc) is 3.51. The van der Waals surface area contributed by atoms with E-state index in [-0.39, 0.29) is 29.7 Å². The highest BCUT2D eigenvalue weighted by molar-refractivity contribution is 8.77. The van der Waals surface area contributed by atoms with Gasteiger partial charge in [-0.2, -0.15) is 0 Å². The number of benzene rings is 1. The maximum Gasteiger partial charge on any atom is 0.252 e. The van der Waals surface area contributed by atoms with Crippen molar-refractivity contribution in [3.63, 3.8) is 0 Å². The number of epoxide rings is 1. The lowest BCUT2D eigenvalue weighted by atomic mass is 10.0. The number of ether oxygens (including phenoxy) is 1. The fourth-order valence-electron chi connectivity index (χ4n) is 4.29. The van der Waals surface area contributed by atoms with Crippen LogP contribution in [-0.2, 0) is 19.1 Å². The maximum absolute atomic E-state index is 12.8. The number of amides is 3. The molecule has 2 heterocycles. The summed E-state index contributed by atoms with van der Waals surface area (Å²) in [6.45, 7) is 5.20. The second-order valence-corrected chi connectivity index (χ2v) is 12.8.